The van der Waals surface area contributed by atoms with Crippen molar-refractivity contribution in [2.75, 3.05) is 0 Å². The topological polar surface area (TPSA) is 17.1 Å². The molecule has 4 heteroatoms. The van der Waals surface area contributed by atoms with Crippen LogP contribution in [0.3, 0.4) is 0 Å². The molecule has 0 saturated heterocycles. The van der Waals surface area contributed by atoms with E-state index in [2.05, 4.69) is 28.7 Å². The van der Waals surface area contributed by atoms with Crippen LogP contribution in [-0.4, -0.2) is 5.78 Å². The predicted octanol–water partition coefficient (Wildman–Crippen LogP) is 4.23. The molecule has 0 saturated carbocycles. The Morgan fingerprint density at radius 3 is 2.87 bits per heavy atom. The minimum atomic E-state index is 0.252. The lowest BCUT2D eigenvalue weighted by molar-refractivity contribution is 0.0983. The van der Waals surface area contributed by atoms with Crippen LogP contribution in [0.1, 0.15) is 21.7 Å². The lowest BCUT2D eigenvalue weighted by Gasteiger charge is -1.95. The smallest absolute Gasteiger partial charge is 0.164 e. The molecule has 2 aromatic rings. The maximum atomic E-state index is 11.8. The molecule has 1 nitrogen and oxygen atoms in total. The molecule has 2 heterocycles. The molecule has 0 atom stereocenters. The van der Waals surface area contributed by atoms with Crippen molar-refractivity contribution in [3.05, 3.63) is 42.3 Å². The first-order chi connectivity index (χ1) is 7.25. The fraction of sp³-hybridized carbons (Fsp3) is 0.182. The summed E-state index contributed by atoms with van der Waals surface area (Å²) in [6.45, 7) is 0. The second-order valence-corrected chi connectivity index (χ2v) is 6.98. The average Bonchev–Trinajstić information content (AvgIpc) is 2.84. The van der Waals surface area contributed by atoms with Gasteiger partial charge in [-0.2, -0.15) is 0 Å². The van der Waals surface area contributed by atoms with Crippen molar-refractivity contribution in [2.24, 2.45) is 0 Å². The molecule has 78 valence electrons. The third-order valence-corrected chi connectivity index (χ3v) is 4.79. The van der Waals surface area contributed by atoms with Gasteiger partial charge in [-0.1, -0.05) is 6.07 Å². The van der Waals surface area contributed by atoms with Crippen molar-refractivity contribution in [3.8, 4) is 0 Å². The summed E-state index contributed by atoms with van der Waals surface area (Å²) in [7, 11) is 0. The second-order valence-electron chi connectivity index (χ2n) is 3.14. The van der Waals surface area contributed by atoms with Crippen LogP contribution in [0.5, 0.6) is 0 Å². The predicted molar refractivity (Wildman–Crippen MR) is 74.0 cm³/mol. The van der Waals surface area contributed by atoms with E-state index in [1.54, 1.807) is 22.7 Å². The van der Waals surface area contributed by atoms with Gasteiger partial charge in [-0.05, 0) is 46.5 Å². The largest absolute Gasteiger partial charge is 0.294 e. The van der Waals surface area contributed by atoms with Crippen molar-refractivity contribution in [1.29, 1.82) is 0 Å². The second kappa shape index (κ2) is 5.23. The molecule has 0 amide bonds. The summed E-state index contributed by atoms with van der Waals surface area (Å²) in [5.74, 6) is 0.252. The number of carbonyl (C=O) groups excluding carboxylic acids is 1. The highest BCUT2D eigenvalue weighted by Gasteiger charge is 2.08. The minimum Gasteiger partial charge on any atom is -0.294 e. The van der Waals surface area contributed by atoms with Crippen LogP contribution in [0.15, 0.2) is 29.0 Å². The van der Waals surface area contributed by atoms with Crippen LogP contribution in [0.25, 0.3) is 0 Å². The van der Waals surface area contributed by atoms with Gasteiger partial charge in [-0.3, -0.25) is 4.79 Å². The number of carbonyl (C=O) groups is 1. The van der Waals surface area contributed by atoms with Crippen LogP contribution >= 0.6 is 45.3 Å². The Morgan fingerprint density at radius 2 is 2.27 bits per heavy atom. The van der Waals surface area contributed by atoms with Gasteiger partial charge in [-0.25, -0.2) is 0 Å². The number of Topliss-reactive ketones (excluding diaryl/α,β-unsaturated/α-hetero) is 1. The maximum absolute atomic E-state index is 11.8. The number of thiophene rings is 2. The van der Waals surface area contributed by atoms with Gasteiger partial charge in [0.2, 0.25) is 0 Å². The summed E-state index contributed by atoms with van der Waals surface area (Å²) in [5.41, 5.74) is 0.862. The van der Waals surface area contributed by atoms with Gasteiger partial charge in [0, 0.05) is 22.2 Å². The SMILES string of the molecule is O=C(CCc1cccs1)c1csc(I)c1. The highest BCUT2D eigenvalue weighted by atomic mass is 127. The number of halogens is 1. The standard InChI is InChI=1S/C11H9IOS2/c12-11-6-8(7-15-11)10(13)4-3-9-2-1-5-14-9/h1-2,5-7H,3-4H2. The van der Waals surface area contributed by atoms with E-state index in [0.29, 0.717) is 6.42 Å². The highest BCUT2D eigenvalue weighted by Crippen LogP contribution is 2.19. The molecule has 0 aliphatic rings. The molecular weight excluding hydrogens is 339 g/mol. The monoisotopic (exact) mass is 348 g/mol. The first-order valence-electron chi connectivity index (χ1n) is 4.55. The molecule has 0 bridgehead atoms. The van der Waals surface area contributed by atoms with E-state index in [4.69, 9.17) is 0 Å². The molecule has 2 rings (SSSR count). The molecule has 15 heavy (non-hydrogen) atoms. The molecule has 0 unspecified atom stereocenters. The Bertz CT molecular complexity index is 445. The molecule has 0 N–H and O–H groups in total. The molecule has 0 radical (unpaired) electrons. The van der Waals surface area contributed by atoms with Gasteiger partial charge in [0.1, 0.15) is 0 Å². The van der Waals surface area contributed by atoms with E-state index in [0.717, 1.165) is 12.0 Å². The number of aryl methyl sites for hydroxylation is 1. The van der Waals surface area contributed by atoms with Crippen molar-refractivity contribution >= 4 is 51.0 Å². The quantitative estimate of drug-likeness (QED) is 0.597. The van der Waals surface area contributed by atoms with E-state index in [-0.39, 0.29) is 5.78 Å². The van der Waals surface area contributed by atoms with Crippen molar-refractivity contribution in [3.63, 3.8) is 0 Å². The molecule has 0 fully saturated rings. The Labute approximate surface area is 110 Å². The van der Waals surface area contributed by atoms with Gasteiger partial charge in [0.15, 0.2) is 5.78 Å². The Balaban J connectivity index is 1.93. The van der Waals surface area contributed by atoms with E-state index >= 15 is 0 Å². The Kier molecular flexibility index (Phi) is 3.93. The zero-order chi connectivity index (χ0) is 10.7. The molecule has 0 aromatic carbocycles. The lowest BCUT2D eigenvalue weighted by Crippen LogP contribution is -1.98. The van der Waals surface area contributed by atoms with Crippen LogP contribution in [0, 0.1) is 2.88 Å². The Hall–Kier alpha value is -0.200. The van der Waals surface area contributed by atoms with Crippen LogP contribution < -0.4 is 0 Å². The summed E-state index contributed by atoms with van der Waals surface area (Å²) in [4.78, 5) is 13.0. The van der Waals surface area contributed by atoms with Crippen LogP contribution in [0.4, 0.5) is 0 Å². The van der Waals surface area contributed by atoms with E-state index < -0.39 is 0 Å². The van der Waals surface area contributed by atoms with E-state index in [9.17, 15) is 4.79 Å². The van der Waals surface area contributed by atoms with E-state index in [1.807, 2.05) is 22.9 Å². The normalized spacial score (nSPS) is 10.5. The van der Waals surface area contributed by atoms with Gasteiger partial charge in [0.05, 0.1) is 2.88 Å². The zero-order valence-corrected chi connectivity index (χ0v) is 11.7. The number of ketones is 1. The molecule has 0 spiro atoms. The number of hydrogen-bond acceptors (Lipinski definition) is 3. The minimum absolute atomic E-state index is 0.252. The summed E-state index contributed by atoms with van der Waals surface area (Å²) in [6.07, 6.45) is 1.48. The van der Waals surface area contributed by atoms with Crippen molar-refractivity contribution in [2.45, 2.75) is 12.8 Å². The summed E-state index contributed by atoms with van der Waals surface area (Å²) < 4.78 is 1.17. The molecule has 0 aliphatic heterocycles. The third-order valence-electron chi connectivity index (χ3n) is 2.07. The van der Waals surface area contributed by atoms with Crippen molar-refractivity contribution < 1.29 is 4.79 Å². The third kappa shape index (κ3) is 3.12. The zero-order valence-electron chi connectivity index (χ0n) is 7.90. The van der Waals surface area contributed by atoms with Gasteiger partial charge < -0.3 is 0 Å². The molecular formula is C11H9IOS2. The first kappa shape index (κ1) is 11.3. The van der Waals surface area contributed by atoms with Gasteiger partial charge in [-0.15, -0.1) is 22.7 Å². The van der Waals surface area contributed by atoms with Gasteiger partial charge in [0.25, 0.3) is 0 Å². The summed E-state index contributed by atoms with van der Waals surface area (Å²) in [6, 6.07) is 6.06. The number of hydrogen-bond donors (Lipinski definition) is 0. The van der Waals surface area contributed by atoms with Crippen molar-refractivity contribution in [1.82, 2.24) is 0 Å². The van der Waals surface area contributed by atoms with Crippen LogP contribution in [-0.2, 0) is 6.42 Å². The Morgan fingerprint density at radius 1 is 1.40 bits per heavy atom. The fourth-order valence-electron chi connectivity index (χ4n) is 1.29. The first-order valence-corrected chi connectivity index (χ1v) is 7.39. The van der Waals surface area contributed by atoms with Crippen LogP contribution in [0.2, 0.25) is 0 Å². The maximum Gasteiger partial charge on any atom is 0.164 e. The fourth-order valence-corrected chi connectivity index (χ4v) is 3.35. The average molecular weight is 348 g/mol. The summed E-state index contributed by atoms with van der Waals surface area (Å²) in [5, 5.41) is 3.99. The van der Waals surface area contributed by atoms with Gasteiger partial charge >= 0.3 is 0 Å². The van der Waals surface area contributed by atoms with E-state index in [1.165, 1.54) is 7.76 Å². The molecule has 2 aromatic heterocycles. The number of rotatable bonds is 4. The lowest BCUT2D eigenvalue weighted by atomic mass is 10.1. The summed E-state index contributed by atoms with van der Waals surface area (Å²) >= 11 is 5.58. The highest BCUT2D eigenvalue weighted by molar-refractivity contribution is 14.1. The molecule has 0 aliphatic carbocycles.